The molecule has 0 bridgehead atoms. The Morgan fingerprint density at radius 2 is 2.31 bits per heavy atom. The molecule has 0 aliphatic carbocycles. The van der Waals surface area contributed by atoms with Crippen LogP contribution in [0.3, 0.4) is 0 Å². The second-order valence-electron chi connectivity index (χ2n) is 3.03. The zero-order valence-corrected chi connectivity index (χ0v) is 10.8. The monoisotopic (exact) mass is 299 g/mol. The number of anilines is 2. The Hall–Kier alpha value is -1.21. The van der Waals surface area contributed by atoms with Crippen LogP contribution in [0.4, 0.5) is 11.8 Å². The van der Waals surface area contributed by atoms with Gasteiger partial charge in [-0.25, -0.2) is 9.97 Å². The SMILES string of the molecule is Nc1ncc(Br)c(NCCc2nccs2)n1. The number of hydrogen-bond donors (Lipinski definition) is 2. The second-order valence-corrected chi connectivity index (χ2v) is 4.86. The number of nitrogen functional groups attached to an aromatic ring is 1. The van der Waals surface area contributed by atoms with Crippen molar-refractivity contribution in [2.24, 2.45) is 0 Å². The van der Waals surface area contributed by atoms with E-state index in [-0.39, 0.29) is 5.95 Å². The summed E-state index contributed by atoms with van der Waals surface area (Å²) in [5.74, 6) is 0.976. The maximum Gasteiger partial charge on any atom is 0.221 e. The van der Waals surface area contributed by atoms with Gasteiger partial charge in [-0.2, -0.15) is 4.98 Å². The zero-order valence-electron chi connectivity index (χ0n) is 8.35. The average molecular weight is 300 g/mol. The molecular formula is C9H10BrN5S. The van der Waals surface area contributed by atoms with E-state index in [0.29, 0.717) is 5.82 Å². The van der Waals surface area contributed by atoms with Crippen molar-refractivity contribution in [2.45, 2.75) is 6.42 Å². The van der Waals surface area contributed by atoms with Gasteiger partial charge in [-0.15, -0.1) is 11.3 Å². The summed E-state index contributed by atoms with van der Waals surface area (Å²) in [6.45, 7) is 0.766. The summed E-state index contributed by atoms with van der Waals surface area (Å²) in [5.41, 5.74) is 5.50. The molecule has 0 saturated heterocycles. The Morgan fingerprint density at radius 1 is 1.44 bits per heavy atom. The van der Waals surface area contributed by atoms with Crippen LogP contribution in [0, 0.1) is 0 Å². The van der Waals surface area contributed by atoms with E-state index in [4.69, 9.17) is 5.73 Å². The van der Waals surface area contributed by atoms with E-state index < -0.39 is 0 Å². The molecule has 0 fully saturated rings. The Balaban J connectivity index is 1.92. The largest absolute Gasteiger partial charge is 0.369 e. The summed E-state index contributed by atoms with van der Waals surface area (Å²) in [6.07, 6.45) is 4.31. The molecule has 0 aromatic carbocycles. The lowest BCUT2D eigenvalue weighted by Gasteiger charge is -2.06. The molecular weight excluding hydrogens is 290 g/mol. The molecule has 16 heavy (non-hydrogen) atoms. The van der Waals surface area contributed by atoms with Crippen LogP contribution < -0.4 is 11.1 Å². The van der Waals surface area contributed by atoms with Crippen molar-refractivity contribution in [1.82, 2.24) is 15.0 Å². The molecule has 0 unspecified atom stereocenters. The molecule has 5 nitrogen and oxygen atoms in total. The number of thiazole rings is 1. The van der Waals surface area contributed by atoms with Gasteiger partial charge in [0.25, 0.3) is 0 Å². The van der Waals surface area contributed by atoms with Crippen LogP contribution in [0.25, 0.3) is 0 Å². The van der Waals surface area contributed by atoms with Gasteiger partial charge in [0.15, 0.2) is 0 Å². The zero-order chi connectivity index (χ0) is 11.4. The van der Waals surface area contributed by atoms with Gasteiger partial charge in [-0.05, 0) is 15.9 Å². The van der Waals surface area contributed by atoms with Crippen LogP contribution in [0.2, 0.25) is 0 Å². The molecule has 0 aliphatic rings. The number of nitrogens with two attached hydrogens (primary N) is 1. The van der Waals surface area contributed by atoms with Gasteiger partial charge >= 0.3 is 0 Å². The molecule has 2 heterocycles. The van der Waals surface area contributed by atoms with Crippen LogP contribution in [0.1, 0.15) is 5.01 Å². The Morgan fingerprint density at radius 3 is 3.06 bits per heavy atom. The predicted molar refractivity (Wildman–Crippen MR) is 68.5 cm³/mol. The van der Waals surface area contributed by atoms with E-state index in [9.17, 15) is 0 Å². The maximum atomic E-state index is 5.50. The summed E-state index contributed by atoms with van der Waals surface area (Å²) in [4.78, 5) is 12.1. The topological polar surface area (TPSA) is 76.7 Å². The molecule has 84 valence electrons. The van der Waals surface area contributed by atoms with Crippen molar-refractivity contribution < 1.29 is 0 Å². The van der Waals surface area contributed by atoms with Crippen LogP contribution in [0.15, 0.2) is 22.2 Å². The molecule has 2 aromatic rings. The molecule has 2 aromatic heterocycles. The lowest BCUT2D eigenvalue weighted by atomic mass is 10.4. The molecule has 3 N–H and O–H groups in total. The summed E-state index contributed by atoms with van der Waals surface area (Å²) in [6, 6.07) is 0. The van der Waals surface area contributed by atoms with Crippen molar-refractivity contribution in [3.05, 3.63) is 27.3 Å². The van der Waals surface area contributed by atoms with Crippen molar-refractivity contribution in [1.29, 1.82) is 0 Å². The number of hydrogen-bond acceptors (Lipinski definition) is 6. The number of nitrogens with zero attached hydrogens (tertiary/aromatic N) is 3. The van der Waals surface area contributed by atoms with Gasteiger partial charge in [0.05, 0.1) is 9.48 Å². The first-order valence-corrected chi connectivity index (χ1v) is 6.33. The third-order valence-corrected chi connectivity index (χ3v) is 3.30. The van der Waals surface area contributed by atoms with Crippen molar-refractivity contribution >= 4 is 39.0 Å². The fourth-order valence-electron chi connectivity index (χ4n) is 1.17. The van der Waals surface area contributed by atoms with Crippen LogP contribution in [-0.4, -0.2) is 21.5 Å². The van der Waals surface area contributed by atoms with E-state index >= 15 is 0 Å². The summed E-state index contributed by atoms with van der Waals surface area (Å²) in [5, 5.41) is 6.25. The van der Waals surface area contributed by atoms with Crippen molar-refractivity contribution in [3.8, 4) is 0 Å². The minimum absolute atomic E-state index is 0.264. The maximum absolute atomic E-state index is 5.50. The molecule has 7 heteroatoms. The van der Waals surface area contributed by atoms with E-state index in [1.807, 2.05) is 5.38 Å². The minimum atomic E-state index is 0.264. The van der Waals surface area contributed by atoms with Crippen LogP contribution >= 0.6 is 27.3 Å². The van der Waals surface area contributed by atoms with E-state index in [2.05, 4.69) is 36.2 Å². The van der Waals surface area contributed by atoms with Gasteiger partial charge < -0.3 is 11.1 Å². The van der Waals surface area contributed by atoms with Crippen molar-refractivity contribution in [2.75, 3.05) is 17.6 Å². The predicted octanol–water partition coefficient (Wildman–Crippen LogP) is 1.93. The van der Waals surface area contributed by atoms with Gasteiger partial charge in [0.2, 0.25) is 5.95 Å². The second kappa shape index (κ2) is 5.22. The molecule has 0 amide bonds. The highest BCUT2D eigenvalue weighted by molar-refractivity contribution is 9.10. The number of halogens is 1. The smallest absolute Gasteiger partial charge is 0.221 e. The van der Waals surface area contributed by atoms with Gasteiger partial charge in [0, 0.05) is 30.7 Å². The molecule has 0 spiro atoms. The summed E-state index contributed by atoms with van der Waals surface area (Å²) >= 11 is 5.00. The standard InChI is InChI=1S/C9H10BrN5S/c10-6-5-14-9(11)15-8(6)13-2-1-7-12-3-4-16-7/h3-5H,1-2H2,(H3,11,13,14,15). The first-order valence-electron chi connectivity index (χ1n) is 4.66. The van der Waals surface area contributed by atoms with E-state index in [1.165, 1.54) is 0 Å². The summed E-state index contributed by atoms with van der Waals surface area (Å²) in [7, 11) is 0. The van der Waals surface area contributed by atoms with E-state index in [0.717, 1.165) is 22.4 Å². The number of aromatic nitrogens is 3. The third kappa shape index (κ3) is 2.89. The third-order valence-electron chi connectivity index (χ3n) is 1.88. The molecule has 0 radical (unpaired) electrons. The lowest BCUT2D eigenvalue weighted by Crippen LogP contribution is -2.08. The van der Waals surface area contributed by atoms with E-state index in [1.54, 1.807) is 23.7 Å². The first kappa shape index (κ1) is 11.3. The quantitative estimate of drug-likeness (QED) is 0.902. The fraction of sp³-hybridized carbons (Fsp3) is 0.222. The molecule has 2 rings (SSSR count). The normalized spacial score (nSPS) is 10.3. The minimum Gasteiger partial charge on any atom is -0.369 e. The highest BCUT2D eigenvalue weighted by Crippen LogP contribution is 2.19. The molecule has 0 atom stereocenters. The Bertz CT molecular complexity index is 459. The molecule has 0 saturated carbocycles. The first-order chi connectivity index (χ1) is 7.75. The molecule has 0 aliphatic heterocycles. The van der Waals surface area contributed by atoms with Crippen LogP contribution in [-0.2, 0) is 6.42 Å². The van der Waals surface area contributed by atoms with Crippen molar-refractivity contribution in [3.63, 3.8) is 0 Å². The lowest BCUT2D eigenvalue weighted by molar-refractivity contribution is 0.981. The average Bonchev–Trinajstić information content (AvgIpc) is 2.76. The van der Waals surface area contributed by atoms with Gasteiger partial charge in [0.1, 0.15) is 5.82 Å². The summed E-state index contributed by atoms with van der Waals surface area (Å²) < 4.78 is 0.806. The van der Waals surface area contributed by atoms with Gasteiger partial charge in [-0.3, -0.25) is 0 Å². The Kier molecular flexibility index (Phi) is 3.68. The Labute approximate surface area is 105 Å². The number of rotatable bonds is 4. The van der Waals surface area contributed by atoms with Gasteiger partial charge in [-0.1, -0.05) is 0 Å². The fourth-order valence-corrected chi connectivity index (χ4v) is 2.12. The number of nitrogens with one attached hydrogen (secondary N) is 1. The highest BCUT2D eigenvalue weighted by atomic mass is 79.9. The highest BCUT2D eigenvalue weighted by Gasteiger charge is 2.02. The van der Waals surface area contributed by atoms with Crippen LogP contribution in [0.5, 0.6) is 0 Å².